The van der Waals surface area contributed by atoms with Crippen LogP contribution >= 0.6 is 0 Å². The average molecular weight is 251 g/mol. The van der Waals surface area contributed by atoms with E-state index in [-0.39, 0.29) is 10.8 Å². The van der Waals surface area contributed by atoms with Crippen LogP contribution in [0.5, 0.6) is 0 Å². The van der Waals surface area contributed by atoms with Crippen LogP contribution in [0.25, 0.3) is 0 Å². The van der Waals surface area contributed by atoms with Gasteiger partial charge in [0.25, 0.3) is 0 Å². The summed E-state index contributed by atoms with van der Waals surface area (Å²) in [5.41, 5.74) is 0.642. The van der Waals surface area contributed by atoms with E-state index in [0.29, 0.717) is 12.0 Å². The number of sulfone groups is 1. The Kier molecular flexibility index (Phi) is 3.15. The van der Waals surface area contributed by atoms with E-state index in [1.165, 1.54) is 6.08 Å². The summed E-state index contributed by atoms with van der Waals surface area (Å²) in [6.07, 6.45) is 7.20. The van der Waals surface area contributed by atoms with Crippen molar-refractivity contribution in [1.82, 2.24) is 0 Å². The third-order valence-electron chi connectivity index (χ3n) is 2.68. The second-order valence-corrected chi connectivity index (χ2v) is 6.00. The fourth-order valence-corrected chi connectivity index (χ4v) is 2.89. The van der Waals surface area contributed by atoms with E-state index >= 15 is 0 Å². The van der Waals surface area contributed by atoms with E-state index in [1.54, 1.807) is 30.3 Å². The summed E-state index contributed by atoms with van der Waals surface area (Å²) < 4.78 is 36.4. The predicted molar refractivity (Wildman–Crippen MR) is 63.9 cm³/mol. The molecule has 1 unspecified atom stereocenters. The van der Waals surface area contributed by atoms with Crippen LogP contribution in [0.15, 0.2) is 47.1 Å². The molecule has 1 aliphatic carbocycles. The van der Waals surface area contributed by atoms with E-state index in [0.717, 1.165) is 6.26 Å². The first-order valence-electron chi connectivity index (χ1n) is 5.23. The fraction of sp³-hybridized carbons (Fsp3) is 0.231. The van der Waals surface area contributed by atoms with Crippen molar-refractivity contribution >= 4 is 9.84 Å². The zero-order chi connectivity index (χ0) is 12.5. The van der Waals surface area contributed by atoms with Crippen molar-refractivity contribution in [2.45, 2.75) is 17.2 Å². The largest absolute Gasteiger partial charge is 0.224 e. The Labute approximate surface area is 100 Å². The minimum Gasteiger partial charge on any atom is -0.224 e. The molecule has 4 heteroatoms. The van der Waals surface area contributed by atoms with E-state index in [1.807, 2.05) is 0 Å². The van der Waals surface area contributed by atoms with E-state index in [2.05, 4.69) is 6.08 Å². The lowest BCUT2D eigenvalue weighted by atomic mass is 9.92. The van der Waals surface area contributed by atoms with Crippen molar-refractivity contribution in [2.24, 2.45) is 0 Å². The van der Waals surface area contributed by atoms with Gasteiger partial charge in [-0.25, -0.2) is 12.8 Å². The molecule has 0 amide bonds. The molecular weight excluding hydrogens is 239 g/mol. The third-order valence-corrected chi connectivity index (χ3v) is 3.85. The molecule has 0 saturated heterocycles. The van der Waals surface area contributed by atoms with Crippen molar-refractivity contribution in [3.8, 4) is 0 Å². The van der Waals surface area contributed by atoms with Crippen molar-refractivity contribution < 1.29 is 12.8 Å². The molecule has 0 fully saturated rings. The maximum Gasteiger partial charge on any atom is 0.175 e. The van der Waals surface area contributed by atoms with E-state index in [9.17, 15) is 12.8 Å². The quantitative estimate of drug-likeness (QED) is 0.810. The predicted octanol–water partition coefficient (Wildman–Crippen LogP) is 2.79. The lowest BCUT2D eigenvalue weighted by molar-refractivity contribution is 0.597. The highest BCUT2D eigenvalue weighted by Gasteiger charge is 2.20. The average Bonchev–Trinajstić information content (AvgIpc) is 2.28. The molecule has 2 nitrogen and oxygen atoms in total. The first kappa shape index (κ1) is 12.0. The highest BCUT2D eigenvalue weighted by Crippen LogP contribution is 2.31. The molecule has 0 spiro atoms. The van der Waals surface area contributed by atoms with Gasteiger partial charge in [-0.15, -0.1) is 0 Å². The minimum absolute atomic E-state index is 0.234. The molecule has 0 aliphatic heterocycles. The number of hydrogen-bond acceptors (Lipinski definition) is 2. The maximum absolute atomic E-state index is 13.1. The van der Waals surface area contributed by atoms with Crippen molar-refractivity contribution in [2.75, 3.05) is 6.26 Å². The van der Waals surface area contributed by atoms with Crippen LogP contribution < -0.4 is 0 Å². The van der Waals surface area contributed by atoms with Gasteiger partial charge in [-0.1, -0.05) is 24.3 Å². The topological polar surface area (TPSA) is 34.1 Å². The molecular formula is C13H12FO2S. The Hall–Kier alpha value is -1.42. The third kappa shape index (κ3) is 2.64. The fourth-order valence-electron chi connectivity index (χ4n) is 1.92. The molecule has 1 aromatic carbocycles. The first-order valence-corrected chi connectivity index (χ1v) is 7.12. The van der Waals surface area contributed by atoms with Crippen molar-refractivity contribution in [1.29, 1.82) is 0 Å². The van der Waals surface area contributed by atoms with Gasteiger partial charge >= 0.3 is 0 Å². The van der Waals surface area contributed by atoms with Gasteiger partial charge in [0.15, 0.2) is 9.84 Å². The highest BCUT2D eigenvalue weighted by atomic mass is 32.2. The molecule has 1 aromatic rings. The molecule has 0 aromatic heterocycles. The number of halogens is 1. The molecule has 17 heavy (non-hydrogen) atoms. The monoisotopic (exact) mass is 251 g/mol. The SMILES string of the molecule is CS(=O)(=O)c1ccccc1C1C=C(F)[C]=CC1. The van der Waals surface area contributed by atoms with Crippen LogP contribution in [0, 0.1) is 6.08 Å². The Balaban J connectivity index is 2.50. The lowest BCUT2D eigenvalue weighted by Crippen LogP contribution is -2.07. The Morgan fingerprint density at radius 1 is 1.35 bits per heavy atom. The number of benzene rings is 1. The van der Waals surface area contributed by atoms with Crippen LogP contribution in [0.4, 0.5) is 4.39 Å². The summed E-state index contributed by atoms with van der Waals surface area (Å²) >= 11 is 0. The summed E-state index contributed by atoms with van der Waals surface area (Å²) in [6.45, 7) is 0. The van der Waals surface area contributed by atoms with Gasteiger partial charge in [0.05, 0.1) is 4.90 Å². The minimum atomic E-state index is -3.29. The molecule has 1 aliphatic rings. The van der Waals surface area contributed by atoms with Gasteiger partial charge in [0.2, 0.25) is 0 Å². The van der Waals surface area contributed by atoms with E-state index in [4.69, 9.17) is 0 Å². The number of rotatable bonds is 2. The zero-order valence-electron chi connectivity index (χ0n) is 9.35. The van der Waals surface area contributed by atoms with Crippen molar-refractivity contribution in [3.05, 3.63) is 53.9 Å². The summed E-state index contributed by atoms with van der Waals surface area (Å²) in [5, 5.41) is 0. The van der Waals surface area contributed by atoms with Crippen molar-refractivity contribution in [3.63, 3.8) is 0 Å². The zero-order valence-corrected chi connectivity index (χ0v) is 10.2. The summed E-state index contributed by atoms with van der Waals surface area (Å²) in [7, 11) is -3.29. The van der Waals surface area contributed by atoms with Gasteiger partial charge in [-0.05, 0) is 24.1 Å². The maximum atomic E-state index is 13.1. The molecule has 1 radical (unpaired) electrons. The Bertz CT molecular complexity index is 585. The molecule has 0 saturated carbocycles. The van der Waals surface area contributed by atoms with Gasteiger partial charge in [0, 0.05) is 18.2 Å². The van der Waals surface area contributed by atoms with Gasteiger partial charge < -0.3 is 0 Å². The summed E-state index contributed by atoms with van der Waals surface area (Å²) in [6, 6.07) is 6.71. The molecule has 1 atom stereocenters. The molecule has 0 heterocycles. The van der Waals surface area contributed by atoms with Crippen LogP contribution in [0.3, 0.4) is 0 Å². The second kappa shape index (κ2) is 4.45. The summed E-state index contributed by atoms with van der Waals surface area (Å²) in [5.74, 6) is -0.674. The van der Waals surface area contributed by atoms with Crippen LogP contribution in [0.1, 0.15) is 17.9 Å². The lowest BCUT2D eigenvalue weighted by Gasteiger charge is -2.17. The molecule has 2 rings (SSSR count). The number of hydrogen-bond donors (Lipinski definition) is 0. The molecule has 89 valence electrons. The Morgan fingerprint density at radius 3 is 2.71 bits per heavy atom. The second-order valence-electron chi connectivity index (χ2n) is 4.02. The molecule has 0 N–H and O–H groups in total. The van der Waals surface area contributed by atoms with Crippen LogP contribution in [0.2, 0.25) is 0 Å². The van der Waals surface area contributed by atoms with E-state index < -0.39 is 15.7 Å². The first-order chi connectivity index (χ1) is 7.98. The number of allylic oxidation sites excluding steroid dienone is 4. The Morgan fingerprint density at radius 2 is 2.06 bits per heavy atom. The van der Waals surface area contributed by atoms with Crippen LogP contribution in [-0.2, 0) is 9.84 Å². The van der Waals surface area contributed by atoms with Gasteiger partial charge in [-0.2, -0.15) is 0 Å². The smallest absolute Gasteiger partial charge is 0.175 e. The molecule has 0 bridgehead atoms. The summed E-state index contributed by atoms with van der Waals surface area (Å²) in [4.78, 5) is 0.268. The normalized spacial score (nSPS) is 20.1. The standard InChI is InChI=1S/C13H12FO2S/c1-17(15,16)13-8-3-2-7-12(13)10-5-4-6-11(14)9-10/h2-4,7-10H,5H2,1H3. The van der Waals surface area contributed by atoms with Crippen LogP contribution in [-0.4, -0.2) is 14.7 Å². The highest BCUT2D eigenvalue weighted by molar-refractivity contribution is 7.90. The van der Waals surface area contributed by atoms with Gasteiger partial charge in [0.1, 0.15) is 5.83 Å². The van der Waals surface area contributed by atoms with Gasteiger partial charge in [-0.3, -0.25) is 0 Å².